The molecule has 2 aromatic carbocycles. The maximum atomic E-state index is 2.22. The first-order chi connectivity index (χ1) is 8.27. The van der Waals surface area contributed by atoms with Gasteiger partial charge in [0.05, 0.1) is 0 Å². The molecule has 1 heteroatoms. The first-order valence-corrected chi connectivity index (χ1v) is 6.63. The molecule has 0 aromatic heterocycles. The van der Waals surface area contributed by atoms with E-state index in [0.29, 0.717) is 0 Å². The van der Waals surface area contributed by atoms with Crippen LogP contribution in [0.1, 0.15) is 25.0 Å². The maximum Gasteiger partial charge on any atom is 0.0197 e. The highest BCUT2D eigenvalue weighted by Gasteiger charge is 2.16. The molecular formula is C16H14S. The Balaban J connectivity index is 2.33. The van der Waals surface area contributed by atoms with Gasteiger partial charge in [0.15, 0.2) is 0 Å². The zero-order chi connectivity index (χ0) is 11.8. The highest BCUT2D eigenvalue weighted by atomic mass is 32.2. The second kappa shape index (κ2) is 4.08. The van der Waals surface area contributed by atoms with Crippen molar-refractivity contribution in [1.82, 2.24) is 0 Å². The molecule has 0 saturated carbocycles. The summed E-state index contributed by atoms with van der Waals surface area (Å²) in [5, 5.41) is 0. The Bertz CT molecular complexity index is 555. The number of hydrogen-bond acceptors (Lipinski definition) is 1. The highest BCUT2D eigenvalue weighted by Crippen LogP contribution is 2.43. The van der Waals surface area contributed by atoms with Gasteiger partial charge in [-0.2, -0.15) is 0 Å². The number of allylic oxidation sites excluding steroid dienone is 2. The Morgan fingerprint density at radius 2 is 1.06 bits per heavy atom. The van der Waals surface area contributed by atoms with E-state index in [-0.39, 0.29) is 0 Å². The van der Waals surface area contributed by atoms with E-state index < -0.39 is 0 Å². The number of benzene rings is 2. The van der Waals surface area contributed by atoms with Crippen molar-refractivity contribution < 1.29 is 0 Å². The first-order valence-electron chi connectivity index (χ1n) is 5.81. The lowest BCUT2D eigenvalue weighted by molar-refractivity contribution is 1.37. The molecule has 0 aliphatic carbocycles. The van der Waals surface area contributed by atoms with Gasteiger partial charge in [0.2, 0.25) is 0 Å². The van der Waals surface area contributed by atoms with Gasteiger partial charge in [-0.3, -0.25) is 0 Å². The molecule has 0 amide bonds. The number of hydrogen-bond donors (Lipinski definition) is 0. The van der Waals surface area contributed by atoms with Gasteiger partial charge in [-0.25, -0.2) is 0 Å². The summed E-state index contributed by atoms with van der Waals surface area (Å²) in [5.74, 6) is 0. The minimum atomic E-state index is 1.36. The summed E-state index contributed by atoms with van der Waals surface area (Å²) >= 11 is 1.87. The van der Waals surface area contributed by atoms with Crippen LogP contribution in [0.5, 0.6) is 0 Å². The molecule has 84 valence electrons. The van der Waals surface area contributed by atoms with Gasteiger partial charge in [0.25, 0.3) is 0 Å². The predicted molar refractivity (Wildman–Crippen MR) is 75.2 cm³/mol. The van der Waals surface area contributed by atoms with E-state index in [1.165, 1.54) is 32.1 Å². The molecule has 0 unspecified atom stereocenters. The molecule has 0 radical (unpaired) electrons. The molecule has 0 bridgehead atoms. The summed E-state index contributed by atoms with van der Waals surface area (Å²) in [4.78, 5) is 2.71. The molecule has 0 spiro atoms. The lowest BCUT2D eigenvalue weighted by Gasteiger charge is -2.07. The van der Waals surface area contributed by atoms with Crippen LogP contribution in [0.3, 0.4) is 0 Å². The molecule has 2 aromatic rings. The van der Waals surface area contributed by atoms with E-state index in [1.807, 2.05) is 11.8 Å². The van der Waals surface area contributed by atoms with Gasteiger partial charge in [-0.1, -0.05) is 48.2 Å². The van der Waals surface area contributed by atoms with E-state index in [0.717, 1.165) is 0 Å². The second-order valence-corrected chi connectivity index (χ2v) is 5.43. The van der Waals surface area contributed by atoms with E-state index in [2.05, 4.69) is 62.4 Å². The van der Waals surface area contributed by atoms with Crippen LogP contribution in [0.2, 0.25) is 0 Å². The lowest BCUT2D eigenvalue weighted by atomic mass is 9.97. The van der Waals surface area contributed by atoms with Crippen LogP contribution < -0.4 is 0 Å². The highest BCUT2D eigenvalue weighted by molar-refractivity contribution is 7.99. The molecule has 0 atom stereocenters. The smallest absolute Gasteiger partial charge is 0.0197 e. The van der Waals surface area contributed by atoms with E-state index in [1.54, 1.807) is 0 Å². The predicted octanol–water partition coefficient (Wildman–Crippen LogP) is 5.10. The fraction of sp³-hybridized carbons (Fsp3) is 0.125. The standard InChI is InChI=1S/C16H14S/c1-11-12(2)14-8-4-6-10-16(14)17-15-9-5-3-7-13(11)15/h3-10H,1-2H3. The quantitative estimate of drug-likeness (QED) is 0.615. The van der Waals surface area contributed by atoms with Crippen molar-refractivity contribution >= 4 is 22.9 Å². The minimum absolute atomic E-state index is 1.36. The van der Waals surface area contributed by atoms with Crippen molar-refractivity contribution in [3.8, 4) is 0 Å². The zero-order valence-electron chi connectivity index (χ0n) is 10.0. The fourth-order valence-electron chi connectivity index (χ4n) is 2.25. The third-order valence-electron chi connectivity index (χ3n) is 3.36. The van der Waals surface area contributed by atoms with Crippen molar-refractivity contribution in [2.24, 2.45) is 0 Å². The van der Waals surface area contributed by atoms with Crippen LogP contribution in [0.25, 0.3) is 11.1 Å². The summed E-state index contributed by atoms with van der Waals surface area (Å²) in [6.45, 7) is 4.44. The normalized spacial score (nSPS) is 14.0. The molecule has 17 heavy (non-hydrogen) atoms. The van der Waals surface area contributed by atoms with Crippen LogP contribution >= 0.6 is 11.8 Å². The molecule has 0 N–H and O–H groups in total. The van der Waals surface area contributed by atoms with Crippen LogP contribution in [0.4, 0.5) is 0 Å². The average Bonchev–Trinajstić information content (AvgIpc) is 2.48. The van der Waals surface area contributed by atoms with E-state index in [4.69, 9.17) is 0 Å². The number of rotatable bonds is 0. The summed E-state index contributed by atoms with van der Waals surface area (Å²) in [7, 11) is 0. The van der Waals surface area contributed by atoms with Crippen molar-refractivity contribution in [2.75, 3.05) is 0 Å². The summed E-state index contributed by atoms with van der Waals surface area (Å²) in [6.07, 6.45) is 0. The lowest BCUT2D eigenvalue weighted by Crippen LogP contribution is -1.85. The monoisotopic (exact) mass is 238 g/mol. The molecular weight excluding hydrogens is 224 g/mol. The molecule has 0 saturated heterocycles. The fourth-order valence-corrected chi connectivity index (χ4v) is 3.45. The Morgan fingerprint density at radius 1 is 0.647 bits per heavy atom. The SMILES string of the molecule is CC1=C(C)c2ccccc2Sc2ccccc21. The van der Waals surface area contributed by atoms with E-state index in [9.17, 15) is 0 Å². The molecule has 0 fully saturated rings. The summed E-state index contributed by atoms with van der Waals surface area (Å²) in [6, 6.07) is 17.3. The first kappa shape index (κ1) is 10.7. The molecule has 1 heterocycles. The maximum absolute atomic E-state index is 2.22. The Morgan fingerprint density at radius 3 is 1.53 bits per heavy atom. The van der Waals surface area contributed by atoms with Crippen LogP contribution in [-0.2, 0) is 0 Å². The van der Waals surface area contributed by atoms with Gasteiger partial charge >= 0.3 is 0 Å². The van der Waals surface area contributed by atoms with Gasteiger partial charge < -0.3 is 0 Å². The largest absolute Gasteiger partial charge is 0.0888 e. The third kappa shape index (κ3) is 1.71. The van der Waals surface area contributed by atoms with Gasteiger partial charge in [-0.05, 0) is 48.3 Å². The minimum Gasteiger partial charge on any atom is -0.0888 e. The van der Waals surface area contributed by atoms with Crippen LogP contribution in [0, 0.1) is 0 Å². The number of fused-ring (bicyclic) bond motifs is 2. The van der Waals surface area contributed by atoms with E-state index >= 15 is 0 Å². The van der Waals surface area contributed by atoms with Gasteiger partial charge in [-0.15, -0.1) is 0 Å². The van der Waals surface area contributed by atoms with Crippen molar-refractivity contribution in [1.29, 1.82) is 0 Å². The van der Waals surface area contributed by atoms with Crippen LogP contribution in [0.15, 0.2) is 58.3 Å². The molecule has 0 nitrogen and oxygen atoms in total. The molecule has 3 rings (SSSR count). The van der Waals surface area contributed by atoms with Crippen LogP contribution in [-0.4, -0.2) is 0 Å². The van der Waals surface area contributed by atoms with Crippen molar-refractivity contribution in [2.45, 2.75) is 23.6 Å². The zero-order valence-corrected chi connectivity index (χ0v) is 10.8. The average molecular weight is 238 g/mol. The Labute approximate surface area is 106 Å². The Hall–Kier alpha value is -1.47. The summed E-state index contributed by atoms with van der Waals surface area (Å²) in [5.41, 5.74) is 5.51. The topological polar surface area (TPSA) is 0 Å². The molecule has 1 aliphatic heterocycles. The molecule has 1 aliphatic rings. The van der Waals surface area contributed by atoms with Crippen molar-refractivity contribution in [3.05, 3.63) is 59.7 Å². The Kier molecular flexibility index (Phi) is 2.56. The van der Waals surface area contributed by atoms with Crippen molar-refractivity contribution in [3.63, 3.8) is 0 Å². The third-order valence-corrected chi connectivity index (χ3v) is 4.52. The summed E-state index contributed by atoms with van der Waals surface area (Å²) < 4.78 is 0. The van der Waals surface area contributed by atoms with Gasteiger partial charge in [0, 0.05) is 9.79 Å². The van der Waals surface area contributed by atoms with Gasteiger partial charge in [0.1, 0.15) is 0 Å². The second-order valence-electron chi connectivity index (χ2n) is 4.34.